The highest BCUT2D eigenvalue weighted by molar-refractivity contribution is 9.10. The monoisotopic (exact) mass is 380 g/mol. The highest BCUT2D eigenvalue weighted by Crippen LogP contribution is 2.27. The van der Waals surface area contributed by atoms with E-state index in [2.05, 4.69) is 15.9 Å². The summed E-state index contributed by atoms with van der Waals surface area (Å²) in [6.07, 6.45) is 0. The zero-order chi connectivity index (χ0) is 16.3. The number of amides is 1. The van der Waals surface area contributed by atoms with E-state index in [-0.39, 0.29) is 21.8 Å². The van der Waals surface area contributed by atoms with E-state index in [0.29, 0.717) is 4.47 Å². The summed E-state index contributed by atoms with van der Waals surface area (Å²) in [5.74, 6) is -1.01. The molecule has 0 atom stereocenters. The van der Waals surface area contributed by atoms with Gasteiger partial charge in [-0.2, -0.15) is 13.7 Å². The standard InChI is InChI=1S/C14H9BrN2O4S/c15-11-5-3-7-13(10(11)8-16)22(19,20)21-12-6-2-1-4-9(12)14(17)18/h1-7H,(H2,17,18). The van der Waals surface area contributed by atoms with Gasteiger partial charge >= 0.3 is 10.1 Å². The molecule has 6 nitrogen and oxygen atoms in total. The normalized spacial score (nSPS) is 10.7. The number of primary amides is 1. The molecule has 0 heterocycles. The lowest BCUT2D eigenvalue weighted by molar-refractivity contribution is 0.0999. The van der Waals surface area contributed by atoms with Gasteiger partial charge in [0.1, 0.15) is 11.0 Å². The Labute approximate surface area is 135 Å². The third kappa shape index (κ3) is 3.10. The van der Waals surface area contributed by atoms with Crippen LogP contribution in [0.25, 0.3) is 0 Å². The van der Waals surface area contributed by atoms with Crippen LogP contribution in [0.1, 0.15) is 15.9 Å². The summed E-state index contributed by atoms with van der Waals surface area (Å²) < 4.78 is 30.0. The van der Waals surface area contributed by atoms with Crippen molar-refractivity contribution in [2.75, 3.05) is 0 Å². The van der Waals surface area contributed by atoms with Crippen molar-refractivity contribution < 1.29 is 17.4 Å². The molecule has 0 aromatic heterocycles. The molecule has 2 rings (SSSR count). The quantitative estimate of drug-likeness (QED) is 0.817. The van der Waals surface area contributed by atoms with Crippen molar-refractivity contribution in [3.63, 3.8) is 0 Å². The predicted molar refractivity (Wildman–Crippen MR) is 81.6 cm³/mol. The summed E-state index contributed by atoms with van der Waals surface area (Å²) in [5, 5.41) is 9.10. The molecule has 2 aromatic carbocycles. The summed E-state index contributed by atoms with van der Waals surface area (Å²) >= 11 is 3.11. The molecule has 0 aliphatic rings. The van der Waals surface area contributed by atoms with E-state index in [0.717, 1.165) is 0 Å². The summed E-state index contributed by atoms with van der Waals surface area (Å²) in [6, 6.07) is 11.7. The number of nitrogens with two attached hydrogens (primary N) is 1. The molecule has 2 N–H and O–H groups in total. The number of nitrogens with zero attached hydrogens (tertiary/aromatic N) is 1. The first-order valence-corrected chi connectivity index (χ1v) is 8.09. The van der Waals surface area contributed by atoms with Crippen molar-refractivity contribution in [1.82, 2.24) is 0 Å². The Kier molecular flexibility index (Phi) is 4.49. The van der Waals surface area contributed by atoms with Crippen LogP contribution in [0.5, 0.6) is 5.75 Å². The van der Waals surface area contributed by atoms with Gasteiger partial charge in [0, 0.05) is 4.47 Å². The first-order chi connectivity index (χ1) is 10.4. The van der Waals surface area contributed by atoms with Gasteiger partial charge in [-0.3, -0.25) is 4.79 Å². The van der Waals surface area contributed by atoms with Crippen LogP contribution in [0.4, 0.5) is 0 Å². The van der Waals surface area contributed by atoms with E-state index in [4.69, 9.17) is 15.2 Å². The summed E-state index contributed by atoms with van der Waals surface area (Å²) in [6.45, 7) is 0. The third-order valence-electron chi connectivity index (χ3n) is 2.71. The Balaban J connectivity index is 2.53. The number of para-hydroxylation sites is 1. The molecule has 0 fully saturated rings. The zero-order valence-electron chi connectivity index (χ0n) is 11.0. The van der Waals surface area contributed by atoms with Crippen LogP contribution < -0.4 is 9.92 Å². The molecule has 0 saturated carbocycles. The second-order valence-corrected chi connectivity index (χ2v) is 6.49. The lowest BCUT2D eigenvalue weighted by Gasteiger charge is -2.11. The van der Waals surface area contributed by atoms with Crippen molar-refractivity contribution in [3.8, 4) is 11.8 Å². The number of hydrogen-bond donors (Lipinski definition) is 1. The number of carbonyl (C=O) groups excluding carboxylic acids is 1. The third-order valence-corrected chi connectivity index (χ3v) is 4.65. The number of benzene rings is 2. The van der Waals surface area contributed by atoms with Crippen LogP contribution in [0, 0.1) is 11.3 Å². The van der Waals surface area contributed by atoms with Gasteiger partial charge < -0.3 is 9.92 Å². The van der Waals surface area contributed by atoms with Gasteiger partial charge in [-0.25, -0.2) is 0 Å². The molecule has 0 spiro atoms. The molecule has 0 aliphatic carbocycles. The summed E-state index contributed by atoms with van der Waals surface area (Å²) in [7, 11) is -4.29. The average molecular weight is 381 g/mol. The fourth-order valence-electron chi connectivity index (χ4n) is 1.73. The first kappa shape index (κ1) is 16.0. The molecule has 0 aliphatic heterocycles. The van der Waals surface area contributed by atoms with E-state index in [1.54, 1.807) is 6.07 Å². The van der Waals surface area contributed by atoms with Crippen LogP contribution in [0.15, 0.2) is 51.8 Å². The van der Waals surface area contributed by atoms with Crippen molar-refractivity contribution in [3.05, 3.63) is 58.1 Å². The van der Waals surface area contributed by atoms with Gasteiger partial charge in [0.05, 0.1) is 11.1 Å². The van der Waals surface area contributed by atoms with E-state index < -0.39 is 16.0 Å². The largest absolute Gasteiger partial charge is 0.378 e. The number of hydrogen-bond acceptors (Lipinski definition) is 5. The van der Waals surface area contributed by atoms with Crippen LogP contribution in [-0.4, -0.2) is 14.3 Å². The number of nitriles is 1. The molecular formula is C14H9BrN2O4S. The minimum atomic E-state index is -4.29. The number of carbonyl (C=O) groups is 1. The minimum absolute atomic E-state index is 0.0698. The van der Waals surface area contributed by atoms with Crippen LogP contribution >= 0.6 is 15.9 Å². The average Bonchev–Trinajstić information content (AvgIpc) is 2.46. The maximum atomic E-state index is 12.4. The second-order valence-electron chi connectivity index (χ2n) is 4.12. The van der Waals surface area contributed by atoms with E-state index in [1.165, 1.54) is 42.5 Å². The van der Waals surface area contributed by atoms with Crippen molar-refractivity contribution >= 4 is 32.0 Å². The molecule has 2 aromatic rings. The number of rotatable bonds is 4. The predicted octanol–water partition coefficient (Wildman–Crippen LogP) is 2.19. The first-order valence-electron chi connectivity index (χ1n) is 5.89. The SMILES string of the molecule is N#Cc1c(Br)cccc1S(=O)(=O)Oc1ccccc1C(N)=O. The molecule has 112 valence electrons. The Bertz CT molecular complexity index is 888. The summed E-state index contributed by atoms with van der Waals surface area (Å²) in [4.78, 5) is 11.0. The second kappa shape index (κ2) is 6.17. The summed E-state index contributed by atoms with van der Waals surface area (Å²) in [5.41, 5.74) is 5.02. The lowest BCUT2D eigenvalue weighted by atomic mass is 10.2. The van der Waals surface area contributed by atoms with Gasteiger partial charge in [-0.1, -0.05) is 18.2 Å². The van der Waals surface area contributed by atoms with Gasteiger partial charge in [0.25, 0.3) is 5.91 Å². The maximum Gasteiger partial charge on any atom is 0.340 e. The maximum absolute atomic E-state index is 12.4. The molecule has 22 heavy (non-hydrogen) atoms. The molecule has 0 bridgehead atoms. The lowest BCUT2D eigenvalue weighted by Crippen LogP contribution is -2.17. The minimum Gasteiger partial charge on any atom is -0.378 e. The Morgan fingerprint density at radius 1 is 1.18 bits per heavy atom. The van der Waals surface area contributed by atoms with E-state index in [9.17, 15) is 13.2 Å². The van der Waals surface area contributed by atoms with Gasteiger partial charge in [0.15, 0.2) is 5.75 Å². The number of halogens is 1. The van der Waals surface area contributed by atoms with Crippen molar-refractivity contribution in [2.45, 2.75) is 4.90 Å². The van der Waals surface area contributed by atoms with Crippen molar-refractivity contribution in [1.29, 1.82) is 5.26 Å². The smallest absolute Gasteiger partial charge is 0.340 e. The molecule has 0 unspecified atom stereocenters. The Hall–Kier alpha value is -2.37. The highest BCUT2D eigenvalue weighted by Gasteiger charge is 2.24. The topological polar surface area (TPSA) is 110 Å². The molecule has 1 amide bonds. The van der Waals surface area contributed by atoms with Gasteiger partial charge in [0.2, 0.25) is 0 Å². The Morgan fingerprint density at radius 3 is 2.50 bits per heavy atom. The molecular weight excluding hydrogens is 372 g/mol. The fourth-order valence-corrected chi connectivity index (χ4v) is 3.44. The molecule has 0 saturated heterocycles. The van der Waals surface area contributed by atoms with Crippen molar-refractivity contribution in [2.24, 2.45) is 5.73 Å². The van der Waals surface area contributed by atoms with Crippen LogP contribution in [-0.2, 0) is 10.1 Å². The van der Waals surface area contributed by atoms with E-state index in [1.807, 2.05) is 0 Å². The highest BCUT2D eigenvalue weighted by atomic mass is 79.9. The fraction of sp³-hybridized carbons (Fsp3) is 0. The molecule has 8 heteroatoms. The van der Waals surface area contributed by atoms with E-state index >= 15 is 0 Å². The van der Waals surface area contributed by atoms with Gasteiger partial charge in [-0.15, -0.1) is 0 Å². The van der Waals surface area contributed by atoms with Crippen LogP contribution in [0.2, 0.25) is 0 Å². The van der Waals surface area contributed by atoms with Gasteiger partial charge in [-0.05, 0) is 40.2 Å². The van der Waals surface area contributed by atoms with Crippen LogP contribution in [0.3, 0.4) is 0 Å². The Morgan fingerprint density at radius 2 is 1.86 bits per heavy atom. The zero-order valence-corrected chi connectivity index (χ0v) is 13.4. The molecule has 0 radical (unpaired) electrons.